The van der Waals surface area contributed by atoms with E-state index in [1.165, 1.54) is 103 Å². The summed E-state index contributed by atoms with van der Waals surface area (Å²) >= 11 is 0. The van der Waals surface area contributed by atoms with Crippen molar-refractivity contribution in [1.82, 2.24) is 0 Å². The van der Waals surface area contributed by atoms with Crippen LogP contribution in [0.1, 0.15) is 142 Å². The van der Waals surface area contributed by atoms with Gasteiger partial charge in [0.25, 0.3) is 0 Å². The molecule has 0 spiro atoms. The first kappa shape index (κ1) is 35.0. The van der Waals surface area contributed by atoms with Crippen LogP contribution in [0.4, 0.5) is 0 Å². The Morgan fingerprint density at radius 2 is 0.882 bits per heavy atom. The molecule has 0 radical (unpaired) electrons. The van der Waals surface area contributed by atoms with Gasteiger partial charge in [-0.15, -0.1) is 0 Å². The lowest BCUT2D eigenvalue weighted by atomic mass is 10.1. The van der Waals surface area contributed by atoms with E-state index in [1.807, 2.05) is 0 Å². The van der Waals surface area contributed by atoms with Crippen molar-refractivity contribution in [2.45, 2.75) is 148 Å². The maximum absolute atomic E-state index is 11.3. The molecule has 0 atom stereocenters. The summed E-state index contributed by atoms with van der Waals surface area (Å²) in [5.41, 5.74) is 0. The monoisotopic (exact) mass is 488 g/mol. The van der Waals surface area contributed by atoms with E-state index in [2.05, 4.69) is 18.6 Å². The van der Waals surface area contributed by atoms with Crippen LogP contribution < -0.4 is 0 Å². The standard InChI is InChI=1S/C15H30O4.C13H26O2/c1-2-3-4-5-6-7-8-9-10-11-15(18)19-14(12-16)13-17;1-3-4-5-6-7-8-9-10-11-12-13(14)15-2/h14,16-17H,2-13H2,1H3;3-12H2,1-2H3. The van der Waals surface area contributed by atoms with Gasteiger partial charge in [0.2, 0.25) is 0 Å². The Labute approximate surface area is 210 Å². The molecule has 6 nitrogen and oxygen atoms in total. The van der Waals surface area contributed by atoms with Crippen LogP contribution in [0.15, 0.2) is 0 Å². The van der Waals surface area contributed by atoms with Crippen molar-refractivity contribution in [1.29, 1.82) is 0 Å². The number of aliphatic hydroxyl groups is 2. The summed E-state index contributed by atoms with van der Waals surface area (Å²) in [5, 5.41) is 17.5. The van der Waals surface area contributed by atoms with Crippen molar-refractivity contribution in [2.75, 3.05) is 20.3 Å². The van der Waals surface area contributed by atoms with Crippen molar-refractivity contribution in [3.63, 3.8) is 0 Å². The van der Waals surface area contributed by atoms with Gasteiger partial charge >= 0.3 is 11.9 Å². The SMILES string of the molecule is CCCCCCCCCCCC(=O)OC.CCCCCCCCCCCC(=O)OC(CO)CO. The van der Waals surface area contributed by atoms with Crippen LogP contribution in [0.3, 0.4) is 0 Å². The third kappa shape index (κ3) is 28.9. The Bertz CT molecular complexity index is 423. The summed E-state index contributed by atoms with van der Waals surface area (Å²) in [6, 6.07) is 0. The molecular formula is C28H56O6. The molecule has 0 aromatic heterocycles. The van der Waals surface area contributed by atoms with Gasteiger partial charge in [-0.1, -0.05) is 117 Å². The van der Waals surface area contributed by atoms with Gasteiger partial charge < -0.3 is 19.7 Å². The van der Waals surface area contributed by atoms with Gasteiger partial charge in [0.1, 0.15) is 6.10 Å². The molecule has 0 amide bonds. The number of rotatable bonds is 23. The zero-order valence-corrected chi connectivity index (χ0v) is 22.7. The zero-order valence-electron chi connectivity index (χ0n) is 22.7. The first-order chi connectivity index (χ1) is 16.5. The molecule has 0 bridgehead atoms. The average Bonchev–Trinajstić information content (AvgIpc) is 2.85. The maximum atomic E-state index is 11.3. The lowest BCUT2D eigenvalue weighted by Gasteiger charge is -2.12. The van der Waals surface area contributed by atoms with Gasteiger partial charge in [-0.25, -0.2) is 0 Å². The molecule has 0 aromatic rings. The van der Waals surface area contributed by atoms with Crippen molar-refractivity contribution in [2.24, 2.45) is 0 Å². The fourth-order valence-corrected chi connectivity index (χ4v) is 3.64. The first-order valence-electron chi connectivity index (χ1n) is 14.0. The van der Waals surface area contributed by atoms with E-state index in [0.29, 0.717) is 12.8 Å². The first-order valence-corrected chi connectivity index (χ1v) is 14.0. The molecule has 0 aliphatic carbocycles. The van der Waals surface area contributed by atoms with Crippen LogP contribution in [0.25, 0.3) is 0 Å². The van der Waals surface area contributed by atoms with E-state index in [-0.39, 0.29) is 25.2 Å². The van der Waals surface area contributed by atoms with E-state index in [9.17, 15) is 9.59 Å². The molecule has 0 aromatic carbocycles. The number of methoxy groups -OCH3 is 1. The summed E-state index contributed by atoms with van der Waals surface area (Å²) in [4.78, 5) is 22.1. The van der Waals surface area contributed by atoms with Gasteiger partial charge in [0.05, 0.1) is 20.3 Å². The van der Waals surface area contributed by atoms with E-state index in [1.54, 1.807) is 0 Å². The second kappa shape index (κ2) is 29.9. The van der Waals surface area contributed by atoms with Crippen molar-refractivity contribution >= 4 is 11.9 Å². The van der Waals surface area contributed by atoms with Crippen molar-refractivity contribution < 1.29 is 29.3 Å². The molecular weight excluding hydrogens is 432 g/mol. The largest absolute Gasteiger partial charge is 0.469 e. The summed E-state index contributed by atoms with van der Waals surface area (Å²) in [7, 11) is 1.45. The molecule has 0 heterocycles. The Morgan fingerprint density at radius 1 is 0.559 bits per heavy atom. The summed E-state index contributed by atoms with van der Waals surface area (Å²) < 4.78 is 9.47. The predicted molar refractivity (Wildman–Crippen MR) is 140 cm³/mol. The molecule has 204 valence electrons. The highest BCUT2D eigenvalue weighted by Crippen LogP contribution is 2.12. The Hall–Kier alpha value is -1.14. The van der Waals surface area contributed by atoms with Gasteiger partial charge in [0, 0.05) is 12.8 Å². The number of hydrogen-bond donors (Lipinski definition) is 2. The summed E-state index contributed by atoms with van der Waals surface area (Å²) in [5.74, 6) is -0.394. The fourth-order valence-electron chi connectivity index (χ4n) is 3.64. The molecule has 34 heavy (non-hydrogen) atoms. The lowest BCUT2D eigenvalue weighted by molar-refractivity contribution is -0.153. The van der Waals surface area contributed by atoms with Crippen LogP contribution in [0.5, 0.6) is 0 Å². The highest BCUT2D eigenvalue weighted by Gasteiger charge is 2.11. The number of ether oxygens (including phenoxy) is 2. The minimum absolute atomic E-state index is 0.0713. The summed E-state index contributed by atoms with van der Waals surface area (Å²) in [6.45, 7) is 3.82. The van der Waals surface area contributed by atoms with Crippen molar-refractivity contribution in [3.8, 4) is 0 Å². The van der Waals surface area contributed by atoms with E-state index < -0.39 is 6.10 Å². The molecule has 0 unspecified atom stereocenters. The number of hydrogen-bond acceptors (Lipinski definition) is 6. The fraction of sp³-hybridized carbons (Fsp3) is 0.929. The van der Waals surface area contributed by atoms with E-state index in [4.69, 9.17) is 14.9 Å². The zero-order chi connectivity index (χ0) is 25.7. The molecule has 0 rings (SSSR count). The van der Waals surface area contributed by atoms with Gasteiger partial charge in [-0.2, -0.15) is 0 Å². The molecule has 6 heteroatoms. The Kier molecular flexibility index (Phi) is 30.8. The van der Waals surface area contributed by atoms with Crippen LogP contribution >= 0.6 is 0 Å². The van der Waals surface area contributed by atoms with Crippen LogP contribution in [0.2, 0.25) is 0 Å². The normalized spacial score (nSPS) is 10.6. The van der Waals surface area contributed by atoms with Crippen LogP contribution in [-0.2, 0) is 19.1 Å². The average molecular weight is 489 g/mol. The number of carbonyl (C=O) groups excluding carboxylic acids is 2. The van der Waals surface area contributed by atoms with Gasteiger partial charge in [-0.3, -0.25) is 9.59 Å². The second-order valence-corrected chi connectivity index (χ2v) is 9.21. The molecule has 0 aliphatic heterocycles. The van der Waals surface area contributed by atoms with E-state index in [0.717, 1.165) is 19.3 Å². The van der Waals surface area contributed by atoms with Crippen LogP contribution in [-0.4, -0.2) is 48.6 Å². The van der Waals surface area contributed by atoms with Crippen molar-refractivity contribution in [3.05, 3.63) is 0 Å². The smallest absolute Gasteiger partial charge is 0.306 e. The number of carbonyl (C=O) groups is 2. The summed E-state index contributed by atoms with van der Waals surface area (Å²) in [6.07, 6.45) is 22.7. The molecule has 2 N–H and O–H groups in total. The topological polar surface area (TPSA) is 93.1 Å². The Morgan fingerprint density at radius 3 is 1.21 bits per heavy atom. The maximum Gasteiger partial charge on any atom is 0.306 e. The molecule has 0 fully saturated rings. The third-order valence-electron chi connectivity index (χ3n) is 5.90. The molecule has 0 saturated carbocycles. The quantitative estimate of drug-likeness (QED) is 0.120. The second-order valence-electron chi connectivity index (χ2n) is 9.21. The lowest BCUT2D eigenvalue weighted by Crippen LogP contribution is -2.25. The number of aliphatic hydroxyl groups excluding tert-OH is 2. The molecule has 0 saturated heterocycles. The molecule has 0 aliphatic rings. The highest BCUT2D eigenvalue weighted by molar-refractivity contribution is 5.69. The van der Waals surface area contributed by atoms with Gasteiger partial charge in [0.15, 0.2) is 0 Å². The minimum atomic E-state index is -0.758. The van der Waals surface area contributed by atoms with E-state index >= 15 is 0 Å². The number of esters is 2. The highest BCUT2D eigenvalue weighted by atomic mass is 16.6. The Balaban J connectivity index is 0. The van der Waals surface area contributed by atoms with Crippen LogP contribution in [0, 0.1) is 0 Å². The van der Waals surface area contributed by atoms with Gasteiger partial charge in [-0.05, 0) is 12.8 Å². The minimum Gasteiger partial charge on any atom is -0.469 e. The number of unbranched alkanes of at least 4 members (excludes halogenated alkanes) is 16. The predicted octanol–water partition coefficient (Wildman–Crippen LogP) is 6.88. The third-order valence-corrected chi connectivity index (χ3v) is 5.90.